The molecule has 1 amide bonds. The van der Waals surface area contributed by atoms with Crippen molar-refractivity contribution < 1.29 is 9.32 Å². The molecule has 1 atom stereocenters. The van der Waals surface area contributed by atoms with E-state index in [1.165, 1.54) is 0 Å². The van der Waals surface area contributed by atoms with Crippen LogP contribution in [0.2, 0.25) is 0 Å². The summed E-state index contributed by atoms with van der Waals surface area (Å²) >= 11 is 0. The first-order valence-electron chi connectivity index (χ1n) is 9.02. The van der Waals surface area contributed by atoms with Crippen molar-refractivity contribution in [2.75, 3.05) is 18.4 Å². The standard InChI is InChI=1S/C17H24N6O2/c1-11(2)23-14(7-8-18-23)19-15(24)10-22-9-3-4-13(22)16-20-17(25-21-16)12-5-6-12/h7-8,11-13H,3-6,9-10H2,1-2H3,(H,19,24)/t13-/m0/s1. The number of aromatic nitrogens is 4. The average molecular weight is 344 g/mol. The molecule has 2 aromatic heterocycles. The zero-order valence-electron chi connectivity index (χ0n) is 14.7. The molecule has 1 saturated heterocycles. The van der Waals surface area contributed by atoms with E-state index >= 15 is 0 Å². The first-order valence-corrected chi connectivity index (χ1v) is 9.02. The third kappa shape index (κ3) is 3.44. The summed E-state index contributed by atoms with van der Waals surface area (Å²) in [6.45, 7) is 5.26. The first kappa shape index (κ1) is 16.3. The van der Waals surface area contributed by atoms with Gasteiger partial charge in [0.05, 0.1) is 18.8 Å². The van der Waals surface area contributed by atoms with Gasteiger partial charge in [0.2, 0.25) is 11.8 Å². The van der Waals surface area contributed by atoms with Crippen LogP contribution in [0.1, 0.15) is 69.2 Å². The summed E-state index contributed by atoms with van der Waals surface area (Å²) in [5, 5.41) is 11.4. The quantitative estimate of drug-likeness (QED) is 0.866. The first-order chi connectivity index (χ1) is 12.1. The molecule has 25 heavy (non-hydrogen) atoms. The summed E-state index contributed by atoms with van der Waals surface area (Å²) < 4.78 is 7.19. The minimum Gasteiger partial charge on any atom is -0.339 e. The summed E-state index contributed by atoms with van der Waals surface area (Å²) in [5.41, 5.74) is 0. The molecule has 1 aliphatic heterocycles. The van der Waals surface area contributed by atoms with Crippen LogP contribution in [0, 0.1) is 0 Å². The van der Waals surface area contributed by atoms with Gasteiger partial charge in [-0.05, 0) is 46.1 Å². The van der Waals surface area contributed by atoms with Gasteiger partial charge in [-0.2, -0.15) is 10.1 Å². The highest BCUT2D eigenvalue weighted by molar-refractivity contribution is 5.91. The molecule has 4 rings (SSSR count). The highest BCUT2D eigenvalue weighted by atomic mass is 16.5. The lowest BCUT2D eigenvalue weighted by molar-refractivity contribution is -0.117. The van der Waals surface area contributed by atoms with Gasteiger partial charge in [0, 0.05) is 18.0 Å². The highest BCUT2D eigenvalue weighted by Crippen LogP contribution is 2.40. The number of amides is 1. The summed E-state index contributed by atoms with van der Waals surface area (Å²) in [6.07, 6.45) is 5.98. The van der Waals surface area contributed by atoms with Crippen LogP contribution in [0.5, 0.6) is 0 Å². The van der Waals surface area contributed by atoms with Crippen molar-refractivity contribution in [3.05, 3.63) is 24.0 Å². The Bertz CT molecular complexity index is 748. The maximum absolute atomic E-state index is 12.5. The van der Waals surface area contributed by atoms with E-state index in [2.05, 4.69) is 25.5 Å². The fourth-order valence-corrected chi connectivity index (χ4v) is 3.38. The second kappa shape index (κ2) is 6.59. The number of nitrogens with zero attached hydrogens (tertiary/aromatic N) is 5. The lowest BCUT2D eigenvalue weighted by Crippen LogP contribution is -2.33. The number of hydrogen-bond donors (Lipinski definition) is 1. The molecule has 2 fully saturated rings. The van der Waals surface area contributed by atoms with Crippen LogP contribution in [-0.2, 0) is 4.79 Å². The third-order valence-electron chi connectivity index (χ3n) is 4.82. The Kier molecular flexibility index (Phi) is 4.29. The van der Waals surface area contributed by atoms with Crippen LogP contribution in [0.3, 0.4) is 0 Å². The van der Waals surface area contributed by atoms with Crippen LogP contribution in [0.15, 0.2) is 16.8 Å². The summed E-state index contributed by atoms with van der Waals surface area (Å²) in [4.78, 5) is 19.2. The molecule has 1 N–H and O–H groups in total. The molecule has 0 unspecified atom stereocenters. The van der Waals surface area contributed by atoms with E-state index in [9.17, 15) is 4.79 Å². The van der Waals surface area contributed by atoms with E-state index in [1.807, 2.05) is 19.9 Å². The molecule has 8 heteroatoms. The Morgan fingerprint density at radius 3 is 3.00 bits per heavy atom. The van der Waals surface area contributed by atoms with Crippen molar-refractivity contribution in [1.29, 1.82) is 0 Å². The summed E-state index contributed by atoms with van der Waals surface area (Å²) in [5.74, 6) is 2.62. The molecule has 1 aliphatic carbocycles. The van der Waals surface area contributed by atoms with Gasteiger partial charge >= 0.3 is 0 Å². The van der Waals surface area contributed by atoms with Crippen molar-refractivity contribution in [3.63, 3.8) is 0 Å². The number of likely N-dealkylation sites (tertiary alicyclic amines) is 1. The smallest absolute Gasteiger partial charge is 0.239 e. The maximum Gasteiger partial charge on any atom is 0.239 e. The number of rotatable bonds is 6. The van der Waals surface area contributed by atoms with Gasteiger partial charge in [-0.3, -0.25) is 9.69 Å². The van der Waals surface area contributed by atoms with Crippen molar-refractivity contribution in [3.8, 4) is 0 Å². The molecule has 1 saturated carbocycles. The molecule has 8 nitrogen and oxygen atoms in total. The number of anilines is 1. The van der Waals surface area contributed by atoms with Gasteiger partial charge in [-0.15, -0.1) is 0 Å². The second-order valence-corrected chi connectivity index (χ2v) is 7.20. The largest absolute Gasteiger partial charge is 0.339 e. The Balaban J connectivity index is 1.40. The Morgan fingerprint density at radius 1 is 1.40 bits per heavy atom. The average Bonchev–Trinajstić information content (AvgIpc) is 3.00. The maximum atomic E-state index is 12.5. The van der Waals surface area contributed by atoms with E-state index in [4.69, 9.17) is 4.52 Å². The van der Waals surface area contributed by atoms with Gasteiger partial charge in [0.25, 0.3) is 0 Å². The van der Waals surface area contributed by atoms with Gasteiger partial charge in [-0.25, -0.2) is 4.68 Å². The number of nitrogens with one attached hydrogen (secondary N) is 1. The normalized spacial score (nSPS) is 21.2. The van der Waals surface area contributed by atoms with Gasteiger partial charge in [0.15, 0.2) is 5.82 Å². The van der Waals surface area contributed by atoms with Crippen LogP contribution in [0.25, 0.3) is 0 Å². The van der Waals surface area contributed by atoms with Gasteiger partial charge < -0.3 is 9.84 Å². The van der Waals surface area contributed by atoms with E-state index < -0.39 is 0 Å². The number of hydrogen-bond acceptors (Lipinski definition) is 6. The predicted octanol–water partition coefficient (Wildman–Crippen LogP) is 2.50. The third-order valence-corrected chi connectivity index (χ3v) is 4.82. The monoisotopic (exact) mass is 344 g/mol. The number of carbonyl (C=O) groups excluding carboxylic acids is 1. The van der Waals surface area contributed by atoms with E-state index in [1.54, 1.807) is 10.9 Å². The Hall–Kier alpha value is -2.22. The molecule has 0 bridgehead atoms. The van der Waals surface area contributed by atoms with E-state index in [0.717, 1.165) is 49.8 Å². The summed E-state index contributed by atoms with van der Waals surface area (Å²) in [6, 6.07) is 2.09. The molecule has 2 aromatic rings. The minimum atomic E-state index is -0.0415. The van der Waals surface area contributed by atoms with Gasteiger partial charge in [-0.1, -0.05) is 5.16 Å². The zero-order chi connectivity index (χ0) is 17.4. The Morgan fingerprint density at radius 2 is 2.24 bits per heavy atom. The van der Waals surface area contributed by atoms with Crippen LogP contribution < -0.4 is 5.32 Å². The van der Waals surface area contributed by atoms with Crippen molar-refractivity contribution >= 4 is 11.7 Å². The number of carbonyl (C=O) groups is 1. The zero-order valence-corrected chi connectivity index (χ0v) is 14.7. The molecule has 134 valence electrons. The Labute approximate surface area is 146 Å². The lowest BCUT2D eigenvalue weighted by Gasteiger charge is -2.21. The second-order valence-electron chi connectivity index (χ2n) is 7.20. The van der Waals surface area contributed by atoms with Crippen LogP contribution >= 0.6 is 0 Å². The van der Waals surface area contributed by atoms with Crippen molar-refractivity contribution in [2.24, 2.45) is 0 Å². The molecule has 0 spiro atoms. The van der Waals surface area contributed by atoms with Crippen LogP contribution in [-0.4, -0.2) is 43.8 Å². The predicted molar refractivity (Wildman–Crippen MR) is 91.1 cm³/mol. The lowest BCUT2D eigenvalue weighted by atomic mass is 10.2. The van der Waals surface area contributed by atoms with Crippen molar-refractivity contribution in [2.45, 2.75) is 57.5 Å². The van der Waals surface area contributed by atoms with Crippen molar-refractivity contribution in [1.82, 2.24) is 24.8 Å². The molecule has 0 radical (unpaired) electrons. The van der Waals surface area contributed by atoms with E-state index in [-0.39, 0.29) is 18.0 Å². The minimum absolute atomic E-state index is 0.0415. The molecule has 0 aromatic carbocycles. The van der Waals surface area contributed by atoms with E-state index in [0.29, 0.717) is 12.5 Å². The summed E-state index contributed by atoms with van der Waals surface area (Å²) in [7, 11) is 0. The van der Waals surface area contributed by atoms with Crippen LogP contribution in [0.4, 0.5) is 5.82 Å². The SMILES string of the molecule is CC(C)n1nccc1NC(=O)CN1CCC[C@H]1c1noc(C2CC2)n1. The molecular formula is C17H24N6O2. The molecule has 3 heterocycles. The topological polar surface area (TPSA) is 89.1 Å². The fraction of sp³-hybridized carbons (Fsp3) is 0.647. The van der Waals surface area contributed by atoms with Gasteiger partial charge in [0.1, 0.15) is 5.82 Å². The fourth-order valence-electron chi connectivity index (χ4n) is 3.38. The molecule has 2 aliphatic rings. The molecular weight excluding hydrogens is 320 g/mol. The highest BCUT2D eigenvalue weighted by Gasteiger charge is 2.34.